The molecule has 1 amide bonds. The molecular formula is C29H27F3N4O2S. The standard InChI is InChI=1S/C29H27F3N4O2S/c30-29(31,32)21-8-4-7-20(15-21)27(37)35-14-11-23-24(17-35)39-26-25(23)28(38)36(18-33-26)22-9-12-34(13-10-22)16-19-5-2-1-3-6-19/h1-8,15,18,22H,9-14,16-17H2. The first kappa shape index (κ1) is 25.8. The van der Waals surface area contributed by atoms with Gasteiger partial charge in [-0.15, -0.1) is 11.3 Å². The van der Waals surface area contributed by atoms with E-state index in [-0.39, 0.29) is 23.7 Å². The molecule has 2 aliphatic rings. The SMILES string of the molecule is O=C(c1cccc(C(F)(F)F)c1)N1CCc2c(sc3ncn(C4CCN(Cc5ccccc5)CC4)c(=O)c23)C1. The zero-order valence-corrected chi connectivity index (χ0v) is 22.0. The molecule has 10 heteroatoms. The molecular weight excluding hydrogens is 525 g/mol. The molecule has 2 aliphatic heterocycles. The number of amides is 1. The molecule has 39 heavy (non-hydrogen) atoms. The molecule has 6 rings (SSSR count). The van der Waals surface area contributed by atoms with E-state index in [9.17, 15) is 22.8 Å². The Morgan fingerprint density at radius 1 is 1.03 bits per heavy atom. The maximum absolute atomic E-state index is 13.6. The van der Waals surface area contributed by atoms with E-state index in [1.807, 2.05) is 18.2 Å². The smallest absolute Gasteiger partial charge is 0.333 e. The van der Waals surface area contributed by atoms with E-state index in [0.29, 0.717) is 23.2 Å². The van der Waals surface area contributed by atoms with E-state index < -0.39 is 17.6 Å². The third kappa shape index (κ3) is 5.10. The van der Waals surface area contributed by atoms with Crippen LogP contribution < -0.4 is 5.56 Å². The van der Waals surface area contributed by atoms with Crippen LogP contribution in [-0.2, 0) is 25.7 Å². The van der Waals surface area contributed by atoms with Crippen molar-refractivity contribution in [2.75, 3.05) is 19.6 Å². The molecule has 6 nitrogen and oxygen atoms in total. The molecule has 0 atom stereocenters. The predicted octanol–water partition coefficient (Wildman–Crippen LogP) is 5.51. The van der Waals surface area contributed by atoms with Crippen LogP contribution in [0.5, 0.6) is 0 Å². The van der Waals surface area contributed by atoms with Crippen LogP contribution in [-0.4, -0.2) is 44.9 Å². The van der Waals surface area contributed by atoms with E-state index in [1.165, 1.54) is 29.0 Å². The maximum atomic E-state index is 13.6. The molecule has 1 fully saturated rings. The summed E-state index contributed by atoms with van der Waals surface area (Å²) in [6.45, 7) is 3.28. The van der Waals surface area contributed by atoms with E-state index in [0.717, 1.165) is 55.0 Å². The Kier molecular flexibility index (Phi) is 6.76. The first-order valence-electron chi connectivity index (χ1n) is 13.0. The third-order valence-corrected chi connectivity index (χ3v) is 8.83. The second-order valence-electron chi connectivity index (χ2n) is 10.2. The number of likely N-dealkylation sites (tertiary alicyclic amines) is 1. The number of benzene rings is 2. The molecule has 0 bridgehead atoms. The Bertz CT molecular complexity index is 1570. The summed E-state index contributed by atoms with van der Waals surface area (Å²) in [5.74, 6) is -0.447. The minimum atomic E-state index is -4.51. The highest BCUT2D eigenvalue weighted by Crippen LogP contribution is 2.34. The number of rotatable bonds is 4. The number of alkyl halides is 3. The Morgan fingerprint density at radius 3 is 2.54 bits per heavy atom. The molecule has 0 spiro atoms. The molecule has 0 aliphatic carbocycles. The third-order valence-electron chi connectivity index (χ3n) is 7.71. The lowest BCUT2D eigenvalue weighted by Gasteiger charge is -2.32. The van der Waals surface area contributed by atoms with Gasteiger partial charge in [0, 0.05) is 42.7 Å². The lowest BCUT2D eigenvalue weighted by Crippen LogP contribution is -2.37. The van der Waals surface area contributed by atoms with E-state index in [1.54, 1.807) is 15.8 Å². The van der Waals surface area contributed by atoms with Crippen LogP contribution in [0.25, 0.3) is 10.2 Å². The average molecular weight is 553 g/mol. The highest BCUT2D eigenvalue weighted by molar-refractivity contribution is 7.18. The average Bonchev–Trinajstić information content (AvgIpc) is 3.32. The fourth-order valence-electron chi connectivity index (χ4n) is 5.64. The monoisotopic (exact) mass is 552 g/mol. The number of hydrogen-bond acceptors (Lipinski definition) is 5. The van der Waals surface area contributed by atoms with Crippen molar-refractivity contribution in [1.29, 1.82) is 0 Å². The zero-order valence-electron chi connectivity index (χ0n) is 21.2. The van der Waals surface area contributed by atoms with Gasteiger partial charge in [0.2, 0.25) is 0 Å². The fourth-order valence-corrected chi connectivity index (χ4v) is 6.83. The Labute approximate surface area is 227 Å². The summed E-state index contributed by atoms with van der Waals surface area (Å²) in [5, 5.41) is 0.621. The summed E-state index contributed by atoms with van der Waals surface area (Å²) < 4.78 is 41.2. The summed E-state index contributed by atoms with van der Waals surface area (Å²) >= 11 is 1.39. The largest absolute Gasteiger partial charge is 0.416 e. The van der Waals surface area contributed by atoms with Crippen LogP contribution in [0, 0.1) is 0 Å². The normalized spacial score (nSPS) is 16.9. The minimum Gasteiger partial charge on any atom is -0.333 e. The molecule has 0 unspecified atom stereocenters. The van der Waals surface area contributed by atoms with Gasteiger partial charge in [0.1, 0.15) is 4.83 Å². The van der Waals surface area contributed by atoms with E-state index in [4.69, 9.17) is 0 Å². The highest BCUT2D eigenvalue weighted by Gasteiger charge is 2.33. The molecule has 2 aromatic heterocycles. The second kappa shape index (κ2) is 10.2. The first-order chi connectivity index (χ1) is 18.8. The van der Waals surface area contributed by atoms with Crippen LogP contribution in [0.2, 0.25) is 0 Å². The number of thiophene rings is 1. The summed E-state index contributed by atoms with van der Waals surface area (Å²) in [5.41, 5.74) is 1.31. The molecule has 0 N–H and O–H groups in total. The summed E-state index contributed by atoms with van der Waals surface area (Å²) in [7, 11) is 0. The number of fused-ring (bicyclic) bond motifs is 3. The predicted molar refractivity (Wildman–Crippen MR) is 144 cm³/mol. The van der Waals surface area contributed by atoms with Gasteiger partial charge in [0.15, 0.2) is 0 Å². The summed E-state index contributed by atoms with van der Waals surface area (Å²) in [4.78, 5) is 36.8. The highest BCUT2D eigenvalue weighted by atomic mass is 32.1. The van der Waals surface area contributed by atoms with Crippen molar-refractivity contribution in [2.45, 2.75) is 44.6 Å². The van der Waals surface area contributed by atoms with Gasteiger partial charge in [-0.2, -0.15) is 13.2 Å². The number of aromatic nitrogens is 2. The van der Waals surface area contributed by atoms with Crippen molar-refractivity contribution in [2.24, 2.45) is 0 Å². The fraction of sp³-hybridized carbons (Fsp3) is 0.345. The number of nitrogens with zero attached hydrogens (tertiary/aromatic N) is 4. The van der Waals surface area contributed by atoms with Crippen LogP contribution in [0.15, 0.2) is 65.7 Å². The molecule has 4 heterocycles. The van der Waals surface area contributed by atoms with Crippen molar-refractivity contribution in [1.82, 2.24) is 19.4 Å². The van der Waals surface area contributed by atoms with Crippen molar-refractivity contribution < 1.29 is 18.0 Å². The van der Waals surface area contributed by atoms with E-state index in [2.05, 4.69) is 22.0 Å². The maximum Gasteiger partial charge on any atom is 0.416 e. The van der Waals surface area contributed by atoms with Crippen LogP contribution in [0.4, 0.5) is 13.2 Å². The number of hydrogen-bond donors (Lipinski definition) is 0. The molecule has 0 saturated carbocycles. The van der Waals surface area contributed by atoms with Crippen molar-refractivity contribution >= 4 is 27.5 Å². The van der Waals surface area contributed by atoms with Gasteiger partial charge in [-0.1, -0.05) is 36.4 Å². The summed E-state index contributed by atoms with van der Waals surface area (Å²) in [6.07, 6.45) is -0.663. The van der Waals surface area contributed by atoms with Crippen molar-refractivity contribution in [3.8, 4) is 0 Å². The minimum absolute atomic E-state index is 0.00785. The zero-order chi connectivity index (χ0) is 27.1. The van der Waals surface area contributed by atoms with Crippen molar-refractivity contribution in [3.05, 3.63) is 98.4 Å². The quantitative estimate of drug-likeness (QED) is 0.335. The molecule has 202 valence electrons. The van der Waals surface area contributed by atoms with Gasteiger partial charge in [0.05, 0.1) is 23.8 Å². The van der Waals surface area contributed by atoms with Crippen LogP contribution in [0.1, 0.15) is 50.8 Å². The number of carbonyl (C=O) groups is 1. The Morgan fingerprint density at radius 2 is 1.79 bits per heavy atom. The molecule has 4 aromatic rings. The topological polar surface area (TPSA) is 58.4 Å². The Hall–Kier alpha value is -3.50. The Balaban J connectivity index is 1.19. The lowest BCUT2D eigenvalue weighted by atomic mass is 10.0. The van der Waals surface area contributed by atoms with Gasteiger partial charge < -0.3 is 4.90 Å². The van der Waals surface area contributed by atoms with Gasteiger partial charge >= 0.3 is 6.18 Å². The van der Waals surface area contributed by atoms with Crippen LogP contribution in [0.3, 0.4) is 0 Å². The number of carbonyl (C=O) groups excluding carboxylic acids is 1. The molecule has 1 saturated heterocycles. The van der Waals surface area contributed by atoms with E-state index >= 15 is 0 Å². The van der Waals surface area contributed by atoms with Gasteiger partial charge in [-0.25, -0.2) is 4.98 Å². The first-order valence-corrected chi connectivity index (χ1v) is 13.8. The molecule has 0 radical (unpaired) electrons. The van der Waals surface area contributed by atoms with Gasteiger partial charge in [0.25, 0.3) is 11.5 Å². The second-order valence-corrected chi connectivity index (χ2v) is 11.3. The van der Waals surface area contributed by atoms with Gasteiger partial charge in [-0.05, 0) is 48.6 Å². The number of halogens is 3. The number of piperidine rings is 1. The summed E-state index contributed by atoms with van der Waals surface area (Å²) in [6, 6.07) is 15.0. The van der Waals surface area contributed by atoms with Crippen LogP contribution >= 0.6 is 11.3 Å². The lowest BCUT2D eigenvalue weighted by molar-refractivity contribution is -0.137. The van der Waals surface area contributed by atoms with Gasteiger partial charge in [-0.3, -0.25) is 19.1 Å². The molecule has 2 aromatic carbocycles. The van der Waals surface area contributed by atoms with Crippen molar-refractivity contribution in [3.63, 3.8) is 0 Å².